The van der Waals surface area contributed by atoms with E-state index in [1.165, 1.54) is 31.1 Å². The lowest BCUT2D eigenvalue weighted by Crippen LogP contribution is -2.47. The molecule has 164 valence electrons. The van der Waals surface area contributed by atoms with Crippen molar-refractivity contribution < 1.29 is 18.0 Å². The van der Waals surface area contributed by atoms with Crippen molar-refractivity contribution in [2.24, 2.45) is 0 Å². The largest absolute Gasteiger partial charge is 0.384 e. The fourth-order valence-electron chi connectivity index (χ4n) is 2.45. The number of carbonyl (C=O) groups is 2. The standard InChI is InChI=1S/C19H33N5O4S/c1-8-20-15-10-9-14(29(27,28)23(5)6)11-16(15)21-12-18(26)24(7)13-17(25)22-19(2,3)4/h9-11,20-21H,8,12-13H2,1-7H3,(H,22,25). The molecule has 0 heterocycles. The molecule has 0 aliphatic heterocycles. The van der Waals surface area contributed by atoms with E-state index >= 15 is 0 Å². The molecule has 0 bridgehead atoms. The average molecular weight is 428 g/mol. The number of carbonyl (C=O) groups excluding carboxylic acids is 2. The molecular weight excluding hydrogens is 394 g/mol. The van der Waals surface area contributed by atoms with E-state index in [9.17, 15) is 18.0 Å². The molecule has 0 spiro atoms. The zero-order valence-electron chi connectivity index (χ0n) is 18.3. The zero-order valence-corrected chi connectivity index (χ0v) is 19.1. The van der Waals surface area contributed by atoms with Crippen LogP contribution in [0.15, 0.2) is 23.1 Å². The maximum absolute atomic E-state index is 12.4. The van der Waals surface area contributed by atoms with E-state index in [1.807, 2.05) is 27.7 Å². The molecular formula is C19H33N5O4S. The third-order valence-corrected chi connectivity index (χ3v) is 5.70. The number of benzene rings is 1. The van der Waals surface area contributed by atoms with Crippen molar-refractivity contribution in [2.75, 3.05) is 51.4 Å². The first-order valence-electron chi connectivity index (χ1n) is 9.37. The molecule has 0 aliphatic rings. The topological polar surface area (TPSA) is 111 Å². The summed E-state index contributed by atoms with van der Waals surface area (Å²) >= 11 is 0. The number of nitrogens with zero attached hydrogens (tertiary/aromatic N) is 2. The van der Waals surface area contributed by atoms with E-state index in [2.05, 4.69) is 16.0 Å². The molecule has 0 saturated heterocycles. The van der Waals surface area contributed by atoms with Crippen molar-refractivity contribution in [2.45, 2.75) is 38.1 Å². The summed E-state index contributed by atoms with van der Waals surface area (Å²) in [5, 5.41) is 8.92. The number of nitrogens with one attached hydrogen (secondary N) is 3. The molecule has 0 aromatic heterocycles. The monoisotopic (exact) mass is 427 g/mol. The van der Waals surface area contributed by atoms with Gasteiger partial charge >= 0.3 is 0 Å². The smallest absolute Gasteiger partial charge is 0.242 e. The van der Waals surface area contributed by atoms with Gasteiger partial charge in [-0.15, -0.1) is 0 Å². The molecule has 1 aromatic rings. The summed E-state index contributed by atoms with van der Waals surface area (Å²) in [6, 6.07) is 4.67. The van der Waals surface area contributed by atoms with E-state index < -0.39 is 10.0 Å². The number of likely N-dealkylation sites (N-methyl/N-ethyl adjacent to an activating group) is 1. The van der Waals surface area contributed by atoms with E-state index in [1.54, 1.807) is 13.1 Å². The summed E-state index contributed by atoms with van der Waals surface area (Å²) < 4.78 is 25.9. The minimum absolute atomic E-state index is 0.0626. The maximum atomic E-state index is 12.4. The number of sulfonamides is 1. The van der Waals surface area contributed by atoms with Crippen LogP contribution in [0.5, 0.6) is 0 Å². The van der Waals surface area contributed by atoms with Crippen molar-refractivity contribution in [3.8, 4) is 0 Å². The molecule has 0 fully saturated rings. The van der Waals surface area contributed by atoms with Gasteiger partial charge in [-0.1, -0.05) is 0 Å². The summed E-state index contributed by atoms with van der Waals surface area (Å²) in [6.07, 6.45) is 0. The zero-order chi connectivity index (χ0) is 22.4. The van der Waals surface area contributed by atoms with Crippen LogP contribution in [0.2, 0.25) is 0 Å². The fraction of sp³-hybridized carbons (Fsp3) is 0.579. The molecule has 0 aliphatic carbocycles. The van der Waals surface area contributed by atoms with E-state index in [-0.39, 0.29) is 35.3 Å². The van der Waals surface area contributed by atoms with Crippen LogP contribution < -0.4 is 16.0 Å². The molecule has 1 rings (SSSR count). The Morgan fingerprint density at radius 2 is 1.66 bits per heavy atom. The van der Waals surface area contributed by atoms with Crippen LogP contribution in [0.25, 0.3) is 0 Å². The van der Waals surface area contributed by atoms with Gasteiger partial charge < -0.3 is 20.9 Å². The summed E-state index contributed by atoms with van der Waals surface area (Å²) in [5.41, 5.74) is 0.806. The third-order valence-electron chi connectivity index (χ3n) is 3.89. The van der Waals surface area contributed by atoms with Gasteiger partial charge in [-0.3, -0.25) is 9.59 Å². The Balaban J connectivity index is 2.90. The van der Waals surface area contributed by atoms with Crippen LogP contribution in [0.1, 0.15) is 27.7 Å². The quantitative estimate of drug-likeness (QED) is 0.545. The minimum Gasteiger partial charge on any atom is -0.384 e. The maximum Gasteiger partial charge on any atom is 0.242 e. The summed E-state index contributed by atoms with van der Waals surface area (Å²) in [6.45, 7) is 8.01. The van der Waals surface area contributed by atoms with Crippen molar-refractivity contribution in [1.82, 2.24) is 14.5 Å². The van der Waals surface area contributed by atoms with Crippen molar-refractivity contribution in [3.63, 3.8) is 0 Å². The summed E-state index contributed by atoms with van der Waals surface area (Å²) in [7, 11) is 0.864. The molecule has 0 atom stereocenters. The summed E-state index contributed by atoms with van der Waals surface area (Å²) in [4.78, 5) is 25.9. The predicted octanol–water partition coefficient (Wildman–Crippen LogP) is 1.15. The number of amides is 2. The van der Waals surface area contributed by atoms with Gasteiger partial charge in [0.1, 0.15) is 0 Å². The van der Waals surface area contributed by atoms with Gasteiger partial charge in [0.05, 0.1) is 29.4 Å². The lowest BCUT2D eigenvalue weighted by Gasteiger charge is -2.24. The average Bonchev–Trinajstić information content (AvgIpc) is 2.58. The first kappa shape index (κ1) is 24.7. The molecule has 2 amide bonds. The number of hydrogen-bond acceptors (Lipinski definition) is 6. The van der Waals surface area contributed by atoms with Crippen LogP contribution in [0, 0.1) is 0 Å². The summed E-state index contributed by atoms with van der Waals surface area (Å²) in [5.74, 6) is -0.543. The highest BCUT2D eigenvalue weighted by Crippen LogP contribution is 2.26. The van der Waals surface area contributed by atoms with Crippen LogP contribution in [-0.2, 0) is 19.6 Å². The Morgan fingerprint density at radius 3 is 2.17 bits per heavy atom. The lowest BCUT2D eigenvalue weighted by molar-refractivity contribution is -0.133. The van der Waals surface area contributed by atoms with Gasteiger partial charge in [0.2, 0.25) is 21.8 Å². The highest BCUT2D eigenvalue weighted by atomic mass is 32.2. The third kappa shape index (κ3) is 7.54. The van der Waals surface area contributed by atoms with Gasteiger partial charge in [-0.2, -0.15) is 0 Å². The van der Waals surface area contributed by atoms with Crippen LogP contribution in [0.4, 0.5) is 11.4 Å². The van der Waals surface area contributed by atoms with Crippen LogP contribution in [0.3, 0.4) is 0 Å². The van der Waals surface area contributed by atoms with Gasteiger partial charge in [-0.25, -0.2) is 12.7 Å². The second-order valence-corrected chi connectivity index (χ2v) is 10.1. The molecule has 9 nitrogen and oxygen atoms in total. The van der Waals surface area contributed by atoms with E-state index in [0.29, 0.717) is 17.9 Å². The van der Waals surface area contributed by atoms with Crippen molar-refractivity contribution >= 4 is 33.2 Å². The molecule has 0 radical (unpaired) electrons. The predicted molar refractivity (Wildman–Crippen MR) is 116 cm³/mol. The first-order valence-corrected chi connectivity index (χ1v) is 10.8. The Labute approximate surface area is 173 Å². The Morgan fingerprint density at radius 1 is 1.03 bits per heavy atom. The van der Waals surface area contributed by atoms with Gasteiger partial charge in [0.15, 0.2) is 0 Å². The lowest BCUT2D eigenvalue weighted by atomic mass is 10.1. The van der Waals surface area contributed by atoms with E-state index in [4.69, 9.17) is 0 Å². The Hall–Kier alpha value is -2.33. The van der Waals surface area contributed by atoms with Gasteiger partial charge in [0.25, 0.3) is 0 Å². The molecule has 29 heavy (non-hydrogen) atoms. The Kier molecular flexibility index (Phi) is 8.46. The Bertz CT molecular complexity index is 831. The number of hydrogen-bond donors (Lipinski definition) is 3. The molecule has 3 N–H and O–H groups in total. The highest BCUT2D eigenvalue weighted by Gasteiger charge is 2.20. The van der Waals surface area contributed by atoms with Gasteiger partial charge in [0, 0.05) is 33.2 Å². The molecule has 0 saturated carbocycles. The highest BCUT2D eigenvalue weighted by molar-refractivity contribution is 7.89. The first-order chi connectivity index (χ1) is 13.3. The second kappa shape index (κ2) is 9.93. The molecule has 0 unspecified atom stereocenters. The van der Waals surface area contributed by atoms with Crippen LogP contribution in [-0.4, -0.2) is 75.8 Å². The van der Waals surface area contributed by atoms with Crippen molar-refractivity contribution in [3.05, 3.63) is 18.2 Å². The normalized spacial score (nSPS) is 11.9. The van der Waals surface area contributed by atoms with E-state index in [0.717, 1.165) is 4.31 Å². The van der Waals surface area contributed by atoms with Crippen LogP contribution >= 0.6 is 0 Å². The van der Waals surface area contributed by atoms with Crippen molar-refractivity contribution in [1.29, 1.82) is 0 Å². The molecule has 1 aromatic carbocycles. The fourth-order valence-corrected chi connectivity index (χ4v) is 3.38. The second-order valence-electron chi connectivity index (χ2n) is 7.93. The number of rotatable bonds is 9. The SMILES string of the molecule is CCNc1ccc(S(=O)(=O)N(C)C)cc1NCC(=O)N(C)CC(=O)NC(C)(C)C. The van der Waals surface area contributed by atoms with Gasteiger partial charge in [-0.05, 0) is 45.9 Å². The number of anilines is 2. The minimum atomic E-state index is -3.60. The molecule has 10 heteroatoms.